The van der Waals surface area contributed by atoms with E-state index in [-0.39, 0.29) is 0 Å². The molecule has 0 saturated heterocycles. The third-order valence-electron chi connectivity index (χ3n) is 4.95. The average molecular weight is 302 g/mol. The fourth-order valence-electron chi connectivity index (χ4n) is 3.47. The predicted molar refractivity (Wildman–Crippen MR) is 85.2 cm³/mol. The molecule has 3 rings (SSSR count). The summed E-state index contributed by atoms with van der Waals surface area (Å²) < 4.78 is 2.28. The molecule has 21 heavy (non-hydrogen) atoms. The van der Waals surface area contributed by atoms with Gasteiger partial charge in [-0.2, -0.15) is 5.26 Å². The van der Waals surface area contributed by atoms with Crippen molar-refractivity contribution in [2.24, 2.45) is 11.8 Å². The smallest absolute Gasteiger partial charge is 0.125 e. The molecular formula is C17H20ClN3. The number of hydrogen-bond acceptors (Lipinski definition) is 2. The van der Waals surface area contributed by atoms with E-state index in [9.17, 15) is 0 Å². The highest BCUT2D eigenvalue weighted by Crippen LogP contribution is 2.38. The van der Waals surface area contributed by atoms with Crippen molar-refractivity contribution in [2.75, 3.05) is 0 Å². The zero-order chi connectivity index (χ0) is 15.0. The topological polar surface area (TPSA) is 41.6 Å². The monoisotopic (exact) mass is 301 g/mol. The van der Waals surface area contributed by atoms with Crippen molar-refractivity contribution >= 4 is 22.6 Å². The van der Waals surface area contributed by atoms with Gasteiger partial charge in [-0.1, -0.05) is 13.8 Å². The Balaban J connectivity index is 2.09. The van der Waals surface area contributed by atoms with Crippen LogP contribution in [0.2, 0.25) is 0 Å². The minimum Gasteiger partial charge on any atom is -0.324 e. The molecule has 1 aromatic heterocycles. The van der Waals surface area contributed by atoms with Gasteiger partial charge in [-0.15, -0.1) is 11.6 Å². The minimum absolute atomic E-state index is 0.414. The molecule has 1 fully saturated rings. The lowest BCUT2D eigenvalue weighted by Crippen LogP contribution is -2.24. The lowest BCUT2D eigenvalue weighted by Gasteiger charge is -2.33. The molecule has 1 aliphatic carbocycles. The molecule has 3 unspecified atom stereocenters. The number of hydrogen-bond donors (Lipinski definition) is 0. The first-order valence-electron chi connectivity index (χ1n) is 7.61. The van der Waals surface area contributed by atoms with Gasteiger partial charge >= 0.3 is 0 Å². The van der Waals surface area contributed by atoms with Gasteiger partial charge in [0.2, 0.25) is 0 Å². The van der Waals surface area contributed by atoms with Crippen molar-refractivity contribution < 1.29 is 0 Å². The first-order valence-corrected chi connectivity index (χ1v) is 8.14. The van der Waals surface area contributed by atoms with Crippen LogP contribution < -0.4 is 0 Å². The highest BCUT2D eigenvalue weighted by Gasteiger charge is 2.28. The molecule has 2 aromatic rings. The Hall–Kier alpha value is -1.53. The molecule has 1 heterocycles. The summed E-state index contributed by atoms with van der Waals surface area (Å²) in [6, 6.07) is 8.36. The fourth-order valence-corrected chi connectivity index (χ4v) is 3.66. The molecule has 3 atom stereocenters. The van der Waals surface area contributed by atoms with E-state index < -0.39 is 0 Å². The van der Waals surface area contributed by atoms with Crippen LogP contribution in [-0.4, -0.2) is 9.55 Å². The highest BCUT2D eigenvalue weighted by atomic mass is 35.5. The lowest BCUT2D eigenvalue weighted by atomic mass is 9.79. The summed E-state index contributed by atoms with van der Waals surface area (Å²) in [6.07, 6.45) is 3.57. The second-order valence-electron chi connectivity index (χ2n) is 6.27. The number of nitriles is 1. The van der Waals surface area contributed by atoms with Crippen LogP contribution >= 0.6 is 11.6 Å². The van der Waals surface area contributed by atoms with E-state index in [0.29, 0.717) is 23.4 Å². The number of benzene rings is 1. The predicted octanol–water partition coefficient (Wildman–Crippen LogP) is 4.64. The van der Waals surface area contributed by atoms with Crippen LogP contribution in [0.4, 0.5) is 0 Å². The van der Waals surface area contributed by atoms with E-state index in [4.69, 9.17) is 16.9 Å². The van der Waals surface area contributed by atoms with Crippen LogP contribution in [0.15, 0.2) is 18.2 Å². The molecule has 3 nitrogen and oxygen atoms in total. The molecule has 0 amide bonds. The Bertz CT molecular complexity index is 698. The second kappa shape index (κ2) is 5.69. The maximum atomic E-state index is 9.13. The molecule has 0 spiro atoms. The van der Waals surface area contributed by atoms with Gasteiger partial charge in [0.1, 0.15) is 5.82 Å². The van der Waals surface area contributed by atoms with Gasteiger partial charge in [-0.05, 0) is 49.3 Å². The Morgan fingerprint density at radius 3 is 2.81 bits per heavy atom. The van der Waals surface area contributed by atoms with Gasteiger partial charge in [0.05, 0.1) is 28.5 Å². The summed E-state index contributed by atoms with van der Waals surface area (Å²) in [5.74, 6) is 2.83. The summed E-state index contributed by atoms with van der Waals surface area (Å²) in [5.41, 5.74) is 2.68. The zero-order valence-electron chi connectivity index (χ0n) is 12.5. The zero-order valence-corrected chi connectivity index (χ0v) is 13.3. The number of halogens is 1. The quantitative estimate of drug-likeness (QED) is 0.758. The molecule has 1 saturated carbocycles. The van der Waals surface area contributed by atoms with Crippen LogP contribution in [-0.2, 0) is 5.88 Å². The number of alkyl halides is 1. The second-order valence-corrected chi connectivity index (χ2v) is 6.54. The van der Waals surface area contributed by atoms with Gasteiger partial charge in [-0.3, -0.25) is 0 Å². The van der Waals surface area contributed by atoms with Gasteiger partial charge in [0, 0.05) is 6.04 Å². The van der Waals surface area contributed by atoms with Crippen molar-refractivity contribution in [3.63, 3.8) is 0 Å². The molecule has 1 aromatic carbocycles. The number of imidazole rings is 1. The molecular weight excluding hydrogens is 282 g/mol. The fraction of sp³-hybridized carbons (Fsp3) is 0.529. The van der Waals surface area contributed by atoms with Crippen molar-refractivity contribution in [3.05, 3.63) is 29.6 Å². The minimum atomic E-state index is 0.414. The normalized spacial score (nSPS) is 25.9. The van der Waals surface area contributed by atoms with Crippen LogP contribution in [0.25, 0.3) is 11.0 Å². The van der Waals surface area contributed by atoms with E-state index in [0.717, 1.165) is 35.6 Å². The first kappa shape index (κ1) is 14.4. The summed E-state index contributed by atoms with van der Waals surface area (Å²) in [5, 5.41) is 9.13. The maximum absolute atomic E-state index is 9.13. The Kier molecular flexibility index (Phi) is 3.91. The SMILES string of the molecule is CC1CCC(n2c(CCl)nc3ccc(C#N)cc32)CC1C. The lowest BCUT2D eigenvalue weighted by molar-refractivity contribution is 0.211. The average Bonchev–Trinajstić information content (AvgIpc) is 2.87. The van der Waals surface area contributed by atoms with Gasteiger partial charge in [0.25, 0.3) is 0 Å². The molecule has 4 heteroatoms. The van der Waals surface area contributed by atoms with E-state index in [1.54, 1.807) is 0 Å². The van der Waals surface area contributed by atoms with Crippen molar-refractivity contribution in [3.8, 4) is 6.07 Å². The highest BCUT2D eigenvalue weighted by molar-refractivity contribution is 6.16. The number of fused-ring (bicyclic) bond motifs is 1. The van der Waals surface area contributed by atoms with Gasteiger partial charge in [0.15, 0.2) is 0 Å². The Labute approximate surface area is 130 Å². The van der Waals surface area contributed by atoms with E-state index in [2.05, 4.69) is 29.5 Å². The van der Waals surface area contributed by atoms with Crippen LogP contribution in [0, 0.1) is 23.2 Å². The first-order chi connectivity index (χ1) is 10.1. The van der Waals surface area contributed by atoms with E-state index >= 15 is 0 Å². The number of nitrogens with zero attached hydrogens (tertiary/aromatic N) is 3. The third-order valence-corrected chi connectivity index (χ3v) is 5.19. The van der Waals surface area contributed by atoms with Gasteiger partial charge < -0.3 is 4.57 Å². The van der Waals surface area contributed by atoms with E-state index in [1.807, 2.05) is 18.2 Å². The summed E-state index contributed by atoms with van der Waals surface area (Å²) in [4.78, 5) is 4.65. The van der Waals surface area contributed by atoms with Gasteiger partial charge in [-0.25, -0.2) is 4.98 Å². The van der Waals surface area contributed by atoms with Crippen LogP contribution in [0.5, 0.6) is 0 Å². The van der Waals surface area contributed by atoms with Crippen LogP contribution in [0.3, 0.4) is 0 Å². The van der Waals surface area contributed by atoms with Crippen LogP contribution in [0.1, 0.15) is 50.5 Å². The Morgan fingerprint density at radius 2 is 2.14 bits per heavy atom. The number of rotatable bonds is 2. The standard InChI is InChI=1S/C17H20ClN3/c1-11-3-5-14(7-12(11)2)21-16-8-13(10-19)4-6-15(16)20-17(21)9-18/h4,6,8,11-12,14H,3,5,7,9H2,1-2H3. The third kappa shape index (κ3) is 2.53. The summed E-state index contributed by atoms with van der Waals surface area (Å²) in [7, 11) is 0. The molecule has 0 bridgehead atoms. The van der Waals surface area contributed by atoms with Crippen molar-refractivity contribution in [2.45, 2.75) is 45.0 Å². The molecule has 1 aliphatic rings. The van der Waals surface area contributed by atoms with Crippen molar-refractivity contribution in [1.82, 2.24) is 9.55 Å². The molecule has 0 aliphatic heterocycles. The van der Waals surface area contributed by atoms with E-state index in [1.165, 1.54) is 6.42 Å². The molecule has 110 valence electrons. The maximum Gasteiger partial charge on any atom is 0.125 e. The molecule has 0 radical (unpaired) electrons. The summed E-state index contributed by atoms with van der Waals surface area (Å²) in [6.45, 7) is 4.67. The number of aromatic nitrogens is 2. The summed E-state index contributed by atoms with van der Waals surface area (Å²) >= 11 is 6.11. The molecule has 0 N–H and O–H groups in total. The largest absolute Gasteiger partial charge is 0.324 e. The van der Waals surface area contributed by atoms with Crippen molar-refractivity contribution in [1.29, 1.82) is 5.26 Å². The Morgan fingerprint density at radius 1 is 1.33 bits per heavy atom.